The Labute approximate surface area is 124 Å². The van der Waals surface area contributed by atoms with Gasteiger partial charge < -0.3 is 14.2 Å². The molecule has 0 heterocycles. The van der Waals surface area contributed by atoms with Crippen LogP contribution in [0.1, 0.15) is 46.0 Å². The first kappa shape index (κ1) is 16.3. The number of hydrogen-bond donors (Lipinski definition) is 0. The van der Waals surface area contributed by atoms with Crippen molar-refractivity contribution < 1.29 is 14.2 Å². The van der Waals surface area contributed by atoms with Gasteiger partial charge in [-0.25, -0.2) is 0 Å². The SMILES string of the molecule is CCC(C)C(COC)(COC)COC1CC2CCC1C2. The van der Waals surface area contributed by atoms with E-state index in [9.17, 15) is 0 Å². The van der Waals surface area contributed by atoms with Gasteiger partial charge in [0.2, 0.25) is 0 Å². The normalized spacial score (nSPS) is 30.9. The lowest BCUT2D eigenvalue weighted by Gasteiger charge is -2.39. The third-order valence-electron chi connectivity index (χ3n) is 5.78. The maximum Gasteiger partial charge on any atom is 0.0606 e. The van der Waals surface area contributed by atoms with E-state index in [1.54, 1.807) is 14.2 Å². The Balaban J connectivity index is 1.95. The summed E-state index contributed by atoms with van der Waals surface area (Å²) in [7, 11) is 3.56. The molecule has 0 aromatic carbocycles. The van der Waals surface area contributed by atoms with Crippen molar-refractivity contribution in [1.82, 2.24) is 0 Å². The highest BCUT2D eigenvalue weighted by Gasteiger charge is 2.43. The molecular formula is C17H32O3. The van der Waals surface area contributed by atoms with Crippen LogP contribution >= 0.6 is 0 Å². The van der Waals surface area contributed by atoms with Crippen molar-refractivity contribution in [3.05, 3.63) is 0 Å². The van der Waals surface area contributed by atoms with Crippen LogP contribution in [-0.4, -0.2) is 40.1 Å². The molecule has 3 heteroatoms. The first-order valence-corrected chi connectivity index (χ1v) is 8.24. The summed E-state index contributed by atoms with van der Waals surface area (Å²) in [6.45, 7) is 6.75. The zero-order valence-corrected chi connectivity index (χ0v) is 13.7. The molecule has 2 aliphatic carbocycles. The third-order valence-corrected chi connectivity index (χ3v) is 5.78. The second kappa shape index (κ2) is 7.24. The Bertz CT molecular complexity index is 286. The molecule has 0 spiro atoms. The molecule has 4 atom stereocenters. The number of rotatable bonds is 9. The molecule has 2 rings (SSSR count). The summed E-state index contributed by atoms with van der Waals surface area (Å²) in [5, 5.41) is 0. The lowest BCUT2D eigenvalue weighted by Crippen LogP contribution is -2.43. The standard InChI is InChI=1S/C17H32O3/c1-5-13(2)17(10-18-3,11-19-4)12-20-16-9-14-6-7-15(16)8-14/h13-16H,5-12H2,1-4H3. The predicted octanol–water partition coefficient (Wildman–Crippen LogP) is 3.52. The highest BCUT2D eigenvalue weighted by atomic mass is 16.5. The van der Waals surface area contributed by atoms with E-state index in [2.05, 4.69) is 13.8 Å². The summed E-state index contributed by atoms with van der Waals surface area (Å²) in [5.41, 5.74) is 0.0000831. The fraction of sp³-hybridized carbons (Fsp3) is 1.00. The molecular weight excluding hydrogens is 252 g/mol. The molecule has 2 aliphatic rings. The van der Waals surface area contributed by atoms with Crippen LogP contribution < -0.4 is 0 Å². The van der Waals surface area contributed by atoms with Gasteiger partial charge in [0.05, 0.1) is 25.9 Å². The summed E-state index contributed by atoms with van der Waals surface area (Å²) >= 11 is 0. The average molecular weight is 284 g/mol. The quantitative estimate of drug-likeness (QED) is 0.648. The second-order valence-electron chi connectivity index (χ2n) is 7.06. The molecule has 0 N–H and O–H groups in total. The van der Waals surface area contributed by atoms with Gasteiger partial charge in [-0.3, -0.25) is 0 Å². The Morgan fingerprint density at radius 2 is 1.75 bits per heavy atom. The molecule has 0 aliphatic heterocycles. The van der Waals surface area contributed by atoms with E-state index in [0.29, 0.717) is 12.0 Å². The van der Waals surface area contributed by atoms with Gasteiger partial charge in [0, 0.05) is 19.6 Å². The van der Waals surface area contributed by atoms with E-state index in [-0.39, 0.29) is 5.41 Å². The van der Waals surface area contributed by atoms with Gasteiger partial charge >= 0.3 is 0 Å². The van der Waals surface area contributed by atoms with Crippen molar-refractivity contribution in [2.24, 2.45) is 23.2 Å². The first-order valence-electron chi connectivity index (χ1n) is 8.24. The number of methoxy groups -OCH3 is 2. The van der Waals surface area contributed by atoms with Gasteiger partial charge in [-0.2, -0.15) is 0 Å². The average Bonchev–Trinajstić information content (AvgIpc) is 3.06. The molecule has 20 heavy (non-hydrogen) atoms. The van der Waals surface area contributed by atoms with Gasteiger partial charge in [-0.1, -0.05) is 20.3 Å². The molecule has 4 unspecified atom stereocenters. The van der Waals surface area contributed by atoms with E-state index in [1.165, 1.54) is 25.7 Å². The molecule has 0 amide bonds. The zero-order valence-electron chi connectivity index (χ0n) is 13.7. The number of fused-ring (bicyclic) bond motifs is 2. The van der Waals surface area contributed by atoms with Crippen molar-refractivity contribution in [2.75, 3.05) is 34.0 Å². The molecule has 0 saturated heterocycles. The Morgan fingerprint density at radius 1 is 1.05 bits per heavy atom. The molecule has 118 valence electrons. The fourth-order valence-electron chi connectivity index (χ4n) is 4.22. The molecule has 0 aromatic heterocycles. The largest absolute Gasteiger partial charge is 0.384 e. The number of ether oxygens (including phenoxy) is 3. The third kappa shape index (κ3) is 3.37. The van der Waals surface area contributed by atoms with E-state index >= 15 is 0 Å². The summed E-state index contributed by atoms with van der Waals surface area (Å²) in [6, 6.07) is 0. The van der Waals surface area contributed by atoms with Crippen LogP contribution in [0.15, 0.2) is 0 Å². The minimum atomic E-state index is 0.0000831. The minimum Gasteiger partial charge on any atom is -0.384 e. The van der Waals surface area contributed by atoms with E-state index in [4.69, 9.17) is 14.2 Å². The summed E-state index contributed by atoms with van der Waals surface area (Å²) in [6.07, 6.45) is 7.10. The molecule has 0 aromatic rings. The minimum absolute atomic E-state index is 0.0000831. The van der Waals surface area contributed by atoms with Gasteiger partial charge in [-0.15, -0.1) is 0 Å². The second-order valence-corrected chi connectivity index (χ2v) is 7.06. The maximum absolute atomic E-state index is 6.37. The van der Waals surface area contributed by atoms with Crippen molar-refractivity contribution in [3.63, 3.8) is 0 Å². The van der Waals surface area contributed by atoms with Crippen LogP contribution in [0, 0.1) is 23.2 Å². The van der Waals surface area contributed by atoms with Gasteiger partial charge in [0.15, 0.2) is 0 Å². The monoisotopic (exact) mass is 284 g/mol. The van der Waals surface area contributed by atoms with Gasteiger partial charge in [-0.05, 0) is 43.4 Å². The Morgan fingerprint density at radius 3 is 2.20 bits per heavy atom. The topological polar surface area (TPSA) is 27.7 Å². The first-order chi connectivity index (χ1) is 9.65. The lowest BCUT2D eigenvalue weighted by molar-refractivity contribution is -0.107. The highest BCUT2D eigenvalue weighted by Crippen LogP contribution is 2.46. The van der Waals surface area contributed by atoms with Crippen LogP contribution in [0.4, 0.5) is 0 Å². The van der Waals surface area contributed by atoms with Crippen molar-refractivity contribution in [2.45, 2.75) is 52.1 Å². The van der Waals surface area contributed by atoms with Crippen LogP contribution in [0.3, 0.4) is 0 Å². The zero-order chi connectivity index (χ0) is 14.6. The van der Waals surface area contributed by atoms with E-state index < -0.39 is 0 Å². The molecule has 2 bridgehead atoms. The number of hydrogen-bond acceptors (Lipinski definition) is 3. The van der Waals surface area contributed by atoms with Crippen molar-refractivity contribution >= 4 is 0 Å². The highest BCUT2D eigenvalue weighted by molar-refractivity contribution is 4.92. The molecule has 3 nitrogen and oxygen atoms in total. The van der Waals surface area contributed by atoms with Crippen LogP contribution in [0.5, 0.6) is 0 Å². The predicted molar refractivity (Wildman–Crippen MR) is 80.8 cm³/mol. The Hall–Kier alpha value is -0.120. The molecule has 2 saturated carbocycles. The molecule has 0 radical (unpaired) electrons. The maximum atomic E-state index is 6.37. The van der Waals surface area contributed by atoms with Crippen LogP contribution in [-0.2, 0) is 14.2 Å². The smallest absolute Gasteiger partial charge is 0.0606 e. The van der Waals surface area contributed by atoms with Crippen molar-refractivity contribution in [3.8, 4) is 0 Å². The molecule has 2 fully saturated rings. The van der Waals surface area contributed by atoms with Crippen LogP contribution in [0.25, 0.3) is 0 Å². The van der Waals surface area contributed by atoms with Gasteiger partial charge in [0.1, 0.15) is 0 Å². The van der Waals surface area contributed by atoms with E-state index in [0.717, 1.165) is 38.1 Å². The van der Waals surface area contributed by atoms with E-state index in [1.807, 2.05) is 0 Å². The lowest BCUT2D eigenvalue weighted by atomic mass is 9.76. The van der Waals surface area contributed by atoms with Gasteiger partial charge in [0.25, 0.3) is 0 Å². The summed E-state index contributed by atoms with van der Waals surface area (Å²) in [4.78, 5) is 0. The fourth-order valence-corrected chi connectivity index (χ4v) is 4.22. The van der Waals surface area contributed by atoms with Crippen molar-refractivity contribution in [1.29, 1.82) is 0 Å². The summed E-state index contributed by atoms with van der Waals surface area (Å²) < 4.78 is 17.4. The van der Waals surface area contributed by atoms with Crippen LogP contribution in [0.2, 0.25) is 0 Å². The Kier molecular flexibility index (Phi) is 5.88. The summed E-state index contributed by atoms with van der Waals surface area (Å²) in [5.74, 6) is 2.30.